The zero-order chi connectivity index (χ0) is 25.8. The summed E-state index contributed by atoms with van der Waals surface area (Å²) in [5.74, 6) is 0.287. The fourth-order valence-corrected chi connectivity index (χ4v) is 4.76. The number of hydrogen-bond acceptors (Lipinski definition) is 6. The Morgan fingerprint density at radius 2 is 1.97 bits per heavy atom. The molecule has 0 aliphatic carbocycles. The van der Waals surface area contributed by atoms with Crippen LogP contribution in [0, 0.1) is 0 Å². The Morgan fingerprint density at radius 1 is 1.19 bits per heavy atom. The van der Waals surface area contributed by atoms with E-state index in [1.54, 1.807) is 6.33 Å². The van der Waals surface area contributed by atoms with E-state index in [9.17, 15) is 22.4 Å². The van der Waals surface area contributed by atoms with E-state index in [0.717, 1.165) is 11.8 Å². The first-order valence-corrected chi connectivity index (χ1v) is 11.5. The monoisotopic (exact) mass is 504 g/mol. The van der Waals surface area contributed by atoms with Crippen LogP contribution in [0.1, 0.15) is 55.2 Å². The van der Waals surface area contributed by atoms with E-state index in [0.29, 0.717) is 23.4 Å². The maximum atomic E-state index is 14.0. The van der Waals surface area contributed by atoms with Crippen molar-refractivity contribution in [2.75, 3.05) is 16.8 Å². The number of nitrogens with one attached hydrogen (secondary N) is 1. The fourth-order valence-electron chi connectivity index (χ4n) is 4.76. The molecule has 0 bridgehead atoms. The molecule has 2 aromatic heterocycles. The van der Waals surface area contributed by atoms with Crippen LogP contribution >= 0.6 is 0 Å². The van der Waals surface area contributed by atoms with Crippen LogP contribution in [0.3, 0.4) is 0 Å². The third-order valence-electron chi connectivity index (χ3n) is 6.62. The van der Waals surface area contributed by atoms with E-state index in [2.05, 4.69) is 20.3 Å². The van der Waals surface area contributed by atoms with E-state index < -0.39 is 30.0 Å². The summed E-state index contributed by atoms with van der Waals surface area (Å²) < 4.78 is 60.5. The summed E-state index contributed by atoms with van der Waals surface area (Å²) in [6.07, 6.45) is -2.82. The molecule has 2 unspecified atom stereocenters. The highest BCUT2D eigenvalue weighted by Gasteiger charge is 2.39. The van der Waals surface area contributed by atoms with Gasteiger partial charge in [-0.15, -0.1) is 0 Å². The second-order valence-corrected chi connectivity index (χ2v) is 9.12. The molecular weight excluding hydrogens is 480 g/mol. The molecule has 190 valence electrons. The summed E-state index contributed by atoms with van der Waals surface area (Å²) in [7, 11) is 0. The molecule has 36 heavy (non-hydrogen) atoms. The lowest BCUT2D eigenvalue weighted by atomic mass is 9.88. The zero-order valence-corrected chi connectivity index (χ0v) is 19.8. The molecule has 1 aromatic carbocycles. The van der Waals surface area contributed by atoms with E-state index in [4.69, 9.17) is 4.74 Å². The number of carbonyl (C=O) groups excluding carboxylic acids is 1. The van der Waals surface area contributed by atoms with Gasteiger partial charge in [-0.2, -0.15) is 18.2 Å². The maximum absolute atomic E-state index is 14.0. The molecule has 1 amide bonds. The van der Waals surface area contributed by atoms with Gasteiger partial charge in [-0.05, 0) is 56.0 Å². The molecule has 0 saturated carbocycles. The summed E-state index contributed by atoms with van der Waals surface area (Å²) in [4.78, 5) is 26.5. The van der Waals surface area contributed by atoms with Crippen molar-refractivity contribution in [2.24, 2.45) is 0 Å². The SMILES string of the molecule is CC1Cc2c([C@H](C)Nc3nccc(N4C(=O)OC[C@@H]4C(C)F)n3)ncn2-c2ccc(C(F)(F)F)cc21. The smallest absolute Gasteiger partial charge is 0.416 e. The van der Waals surface area contributed by atoms with E-state index in [1.165, 1.54) is 36.2 Å². The first-order chi connectivity index (χ1) is 17.0. The number of nitrogens with zero attached hydrogens (tertiary/aromatic N) is 5. The molecule has 0 radical (unpaired) electrons. The normalized spacial score (nSPS) is 21.0. The second-order valence-electron chi connectivity index (χ2n) is 9.12. The average Bonchev–Trinajstić information content (AvgIpc) is 3.42. The standard InChI is InChI=1S/C24H24F4N6O2/c1-12-8-18-21(30-11-33(18)17-5-4-15(9-16(12)17)24(26,27)28)14(3)31-22-29-7-6-20(32-22)34-19(13(2)25)10-36-23(34)35/h4-7,9,11-14,19H,8,10H2,1-3H3,(H,29,31,32)/t12?,13?,14-,19+/m0/s1. The van der Waals surface area contributed by atoms with Crippen molar-refractivity contribution < 1.29 is 27.1 Å². The van der Waals surface area contributed by atoms with Gasteiger partial charge in [0.1, 0.15) is 24.6 Å². The highest BCUT2D eigenvalue weighted by atomic mass is 19.4. The Labute approximate surface area is 204 Å². The number of carbonyl (C=O) groups is 1. The van der Waals surface area contributed by atoms with E-state index in [-0.39, 0.29) is 30.3 Å². The number of fused-ring (bicyclic) bond motifs is 3. The number of benzene rings is 1. The number of rotatable bonds is 5. The molecule has 4 heterocycles. The number of aromatic nitrogens is 4. The number of imidazole rings is 1. The van der Waals surface area contributed by atoms with Gasteiger partial charge >= 0.3 is 12.3 Å². The molecule has 5 rings (SSSR count). The quantitative estimate of drug-likeness (QED) is 0.481. The van der Waals surface area contributed by atoms with Gasteiger partial charge in [0.25, 0.3) is 0 Å². The van der Waals surface area contributed by atoms with Gasteiger partial charge < -0.3 is 14.6 Å². The van der Waals surface area contributed by atoms with Crippen molar-refractivity contribution in [3.8, 4) is 5.69 Å². The van der Waals surface area contributed by atoms with Crippen LogP contribution < -0.4 is 10.2 Å². The van der Waals surface area contributed by atoms with Crippen molar-refractivity contribution >= 4 is 17.9 Å². The van der Waals surface area contributed by atoms with Crippen molar-refractivity contribution in [1.29, 1.82) is 0 Å². The minimum absolute atomic E-state index is 0.0649. The van der Waals surface area contributed by atoms with Crippen molar-refractivity contribution in [1.82, 2.24) is 19.5 Å². The highest BCUT2D eigenvalue weighted by molar-refractivity contribution is 5.89. The summed E-state index contributed by atoms with van der Waals surface area (Å²) in [6.45, 7) is 5.04. The number of anilines is 2. The largest absolute Gasteiger partial charge is 0.447 e. The molecule has 4 atom stereocenters. The number of halogens is 4. The van der Waals surface area contributed by atoms with Crippen LogP contribution in [-0.4, -0.2) is 44.4 Å². The van der Waals surface area contributed by atoms with Crippen molar-refractivity contribution in [3.63, 3.8) is 0 Å². The maximum Gasteiger partial charge on any atom is 0.416 e. The Balaban J connectivity index is 1.41. The number of cyclic esters (lactones) is 1. The van der Waals surface area contributed by atoms with Crippen molar-refractivity contribution in [3.05, 3.63) is 59.3 Å². The first-order valence-electron chi connectivity index (χ1n) is 11.5. The molecule has 2 aliphatic rings. The lowest BCUT2D eigenvalue weighted by Gasteiger charge is -2.27. The molecule has 8 nitrogen and oxygen atoms in total. The van der Waals surface area contributed by atoms with Gasteiger partial charge in [0.05, 0.1) is 29.3 Å². The van der Waals surface area contributed by atoms with Gasteiger partial charge in [-0.3, -0.25) is 4.90 Å². The van der Waals surface area contributed by atoms with Crippen LogP contribution in [0.5, 0.6) is 0 Å². The Kier molecular flexibility index (Phi) is 5.84. The van der Waals surface area contributed by atoms with Gasteiger partial charge in [0.15, 0.2) is 0 Å². The van der Waals surface area contributed by atoms with Crippen LogP contribution in [0.4, 0.5) is 34.1 Å². The van der Waals surface area contributed by atoms with E-state index >= 15 is 0 Å². The highest BCUT2D eigenvalue weighted by Crippen LogP contribution is 2.39. The van der Waals surface area contributed by atoms with Crippen LogP contribution in [0.25, 0.3) is 5.69 Å². The lowest BCUT2D eigenvalue weighted by Crippen LogP contribution is -2.39. The molecule has 12 heteroatoms. The molecule has 1 N–H and O–H groups in total. The molecule has 2 aliphatic heterocycles. The Hall–Kier alpha value is -3.70. The van der Waals surface area contributed by atoms with Gasteiger partial charge in [0.2, 0.25) is 5.95 Å². The van der Waals surface area contributed by atoms with Gasteiger partial charge in [-0.1, -0.05) is 6.92 Å². The molecule has 0 spiro atoms. The third-order valence-corrected chi connectivity index (χ3v) is 6.62. The average molecular weight is 504 g/mol. The fraction of sp³-hybridized carbons (Fsp3) is 0.417. The number of hydrogen-bond donors (Lipinski definition) is 1. The van der Waals surface area contributed by atoms with Crippen LogP contribution in [-0.2, 0) is 17.3 Å². The Bertz CT molecular complexity index is 1310. The second kappa shape index (κ2) is 8.75. The molecular formula is C24H24F4N6O2. The first kappa shape index (κ1) is 24.0. The Morgan fingerprint density at radius 3 is 2.69 bits per heavy atom. The number of alkyl halides is 4. The van der Waals surface area contributed by atoms with E-state index in [1.807, 2.05) is 18.4 Å². The third kappa shape index (κ3) is 4.14. The predicted molar refractivity (Wildman–Crippen MR) is 123 cm³/mol. The zero-order valence-electron chi connectivity index (χ0n) is 19.8. The van der Waals surface area contributed by atoms with Gasteiger partial charge in [-0.25, -0.2) is 19.2 Å². The number of amides is 1. The van der Waals surface area contributed by atoms with Crippen LogP contribution in [0.15, 0.2) is 36.8 Å². The summed E-state index contributed by atoms with van der Waals surface area (Å²) in [6, 6.07) is 4.13. The summed E-state index contributed by atoms with van der Waals surface area (Å²) >= 11 is 0. The number of ether oxygens (including phenoxy) is 1. The molecule has 1 fully saturated rings. The lowest BCUT2D eigenvalue weighted by molar-refractivity contribution is -0.137. The van der Waals surface area contributed by atoms with Gasteiger partial charge in [0, 0.05) is 11.9 Å². The molecule has 3 aromatic rings. The minimum atomic E-state index is -4.41. The van der Waals surface area contributed by atoms with Crippen LogP contribution in [0.2, 0.25) is 0 Å². The molecule has 1 saturated heterocycles. The minimum Gasteiger partial charge on any atom is -0.447 e. The topological polar surface area (TPSA) is 85.2 Å². The predicted octanol–water partition coefficient (Wildman–Crippen LogP) is 5.20. The summed E-state index contributed by atoms with van der Waals surface area (Å²) in [5.41, 5.74) is 2.19. The summed E-state index contributed by atoms with van der Waals surface area (Å²) in [5, 5.41) is 3.17. The van der Waals surface area contributed by atoms with Crippen molar-refractivity contribution in [2.45, 2.75) is 57.5 Å².